The van der Waals surface area contributed by atoms with E-state index in [1.807, 2.05) is 24.3 Å². The normalized spacial score (nSPS) is 10.2. The van der Waals surface area contributed by atoms with E-state index in [4.69, 9.17) is 24.4 Å². The number of hydrogen-bond donors (Lipinski definition) is 4. The van der Waals surface area contributed by atoms with Crippen LogP contribution in [0.15, 0.2) is 72.8 Å². The van der Waals surface area contributed by atoms with Crippen molar-refractivity contribution >= 4 is 46.0 Å². The van der Waals surface area contributed by atoms with Gasteiger partial charge in [-0.25, -0.2) is 8.78 Å². The van der Waals surface area contributed by atoms with Crippen LogP contribution in [0.1, 0.15) is 11.1 Å². The summed E-state index contributed by atoms with van der Waals surface area (Å²) < 4.78 is 27.3. The molecule has 0 aliphatic rings. The van der Waals surface area contributed by atoms with Crippen molar-refractivity contribution in [2.75, 3.05) is 10.6 Å². The maximum Gasteiger partial charge on any atom is 0.171 e. The van der Waals surface area contributed by atoms with Gasteiger partial charge in [0, 0.05) is 13.1 Å². The van der Waals surface area contributed by atoms with Crippen LogP contribution in [0.5, 0.6) is 0 Å². The summed E-state index contributed by atoms with van der Waals surface area (Å²) in [6.07, 6.45) is 0. The second-order valence-electron chi connectivity index (χ2n) is 6.39. The lowest BCUT2D eigenvalue weighted by Crippen LogP contribution is -2.28. The van der Waals surface area contributed by atoms with Crippen LogP contribution in [0.2, 0.25) is 0 Å². The lowest BCUT2D eigenvalue weighted by Gasteiger charge is -2.12. The Morgan fingerprint density at radius 1 is 0.600 bits per heavy atom. The summed E-state index contributed by atoms with van der Waals surface area (Å²) in [5, 5.41) is 12.5. The average molecular weight is 443 g/mol. The fourth-order valence-electron chi connectivity index (χ4n) is 2.60. The number of nitrogens with one attached hydrogen (secondary N) is 4. The Morgan fingerprint density at radius 3 is 1.33 bits per heavy atom. The fourth-order valence-corrected chi connectivity index (χ4v) is 2.96. The quantitative estimate of drug-likeness (QED) is 0.406. The Labute approximate surface area is 184 Å². The summed E-state index contributed by atoms with van der Waals surface area (Å²) in [4.78, 5) is 0. The number of rotatable bonds is 6. The van der Waals surface area contributed by atoms with Crippen LogP contribution < -0.4 is 21.3 Å². The molecule has 4 nitrogen and oxygen atoms in total. The van der Waals surface area contributed by atoms with Gasteiger partial charge in [-0.15, -0.1) is 0 Å². The highest BCUT2D eigenvalue weighted by atomic mass is 32.1. The van der Waals surface area contributed by atoms with Gasteiger partial charge >= 0.3 is 0 Å². The Balaban J connectivity index is 1.43. The van der Waals surface area contributed by atoms with E-state index in [-0.39, 0.29) is 11.6 Å². The second kappa shape index (κ2) is 10.6. The zero-order chi connectivity index (χ0) is 21.3. The molecule has 0 atom stereocenters. The third-order valence-electron chi connectivity index (χ3n) is 4.17. The molecule has 0 saturated carbocycles. The molecule has 0 saturated heterocycles. The molecule has 0 aliphatic heterocycles. The van der Waals surface area contributed by atoms with Crippen molar-refractivity contribution in [3.8, 4) is 0 Å². The fraction of sp³-hybridized carbons (Fsp3) is 0.0909. The number of hydrogen-bond acceptors (Lipinski definition) is 2. The highest BCUT2D eigenvalue weighted by molar-refractivity contribution is 7.80. The van der Waals surface area contributed by atoms with Crippen LogP contribution in [0.25, 0.3) is 0 Å². The summed E-state index contributed by atoms with van der Waals surface area (Å²) in [6, 6.07) is 20.5. The molecule has 3 rings (SSSR count). The Morgan fingerprint density at radius 2 is 0.967 bits per heavy atom. The molecule has 30 heavy (non-hydrogen) atoms. The van der Waals surface area contributed by atoms with E-state index in [2.05, 4.69) is 21.3 Å². The van der Waals surface area contributed by atoms with Crippen LogP contribution in [-0.4, -0.2) is 10.2 Å². The SMILES string of the molecule is Fc1ccccc1NC(=S)NCc1ccc(CNC(=S)Nc2ccccc2F)cc1. The summed E-state index contributed by atoms with van der Waals surface area (Å²) in [7, 11) is 0. The van der Waals surface area contributed by atoms with Crippen LogP contribution in [0.3, 0.4) is 0 Å². The molecule has 3 aromatic carbocycles. The minimum Gasteiger partial charge on any atom is -0.358 e. The van der Waals surface area contributed by atoms with Gasteiger partial charge in [0.15, 0.2) is 10.2 Å². The number of thiocarbonyl (C=S) groups is 2. The van der Waals surface area contributed by atoms with Crippen LogP contribution in [0.4, 0.5) is 20.2 Å². The van der Waals surface area contributed by atoms with Gasteiger partial charge in [0.25, 0.3) is 0 Å². The highest BCUT2D eigenvalue weighted by Gasteiger charge is 2.04. The number of benzene rings is 3. The molecule has 3 aromatic rings. The molecule has 8 heteroatoms. The van der Waals surface area contributed by atoms with E-state index in [1.165, 1.54) is 12.1 Å². The summed E-state index contributed by atoms with van der Waals surface area (Å²) in [5.74, 6) is -0.721. The van der Waals surface area contributed by atoms with E-state index in [0.29, 0.717) is 34.7 Å². The van der Waals surface area contributed by atoms with Gasteiger partial charge in [-0.05, 0) is 59.8 Å². The zero-order valence-electron chi connectivity index (χ0n) is 15.9. The number of para-hydroxylation sites is 2. The van der Waals surface area contributed by atoms with Crippen molar-refractivity contribution in [2.24, 2.45) is 0 Å². The first-order chi connectivity index (χ1) is 14.5. The molecule has 0 fully saturated rings. The zero-order valence-corrected chi connectivity index (χ0v) is 17.5. The third-order valence-corrected chi connectivity index (χ3v) is 4.67. The molecule has 0 heterocycles. The van der Waals surface area contributed by atoms with Crippen molar-refractivity contribution in [2.45, 2.75) is 13.1 Å². The van der Waals surface area contributed by atoms with E-state index < -0.39 is 0 Å². The van der Waals surface area contributed by atoms with Crippen molar-refractivity contribution in [3.63, 3.8) is 0 Å². The first kappa shape index (κ1) is 21.6. The standard InChI is InChI=1S/C22H20F2N4S2/c23-17-5-1-3-7-19(17)27-21(29)25-13-15-9-11-16(12-10-15)14-26-22(30)28-20-8-4-2-6-18(20)24/h1-12H,13-14H2,(H2,25,27,29)(H2,26,28,30). The third kappa shape index (κ3) is 6.47. The van der Waals surface area contributed by atoms with Gasteiger partial charge in [-0.3, -0.25) is 0 Å². The largest absolute Gasteiger partial charge is 0.358 e. The lowest BCUT2D eigenvalue weighted by atomic mass is 10.1. The minimum atomic E-state index is -0.360. The number of anilines is 2. The first-order valence-electron chi connectivity index (χ1n) is 9.18. The van der Waals surface area contributed by atoms with Crippen LogP contribution in [-0.2, 0) is 13.1 Å². The van der Waals surface area contributed by atoms with Crippen molar-refractivity contribution in [1.29, 1.82) is 0 Å². The molecule has 0 bridgehead atoms. The Kier molecular flexibility index (Phi) is 7.64. The molecular weight excluding hydrogens is 422 g/mol. The summed E-state index contributed by atoms with van der Waals surface area (Å²) >= 11 is 10.4. The second-order valence-corrected chi connectivity index (χ2v) is 7.21. The van der Waals surface area contributed by atoms with Gasteiger partial charge in [0.05, 0.1) is 11.4 Å². The minimum absolute atomic E-state index is 0.330. The topological polar surface area (TPSA) is 48.1 Å². The average Bonchev–Trinajstić information content (AvgIpc) is 2.75. The molecule has 0 radical (unpaired) electrons. The summed E-state index contributed by atoms with van der Waals surface area (Å²) in [5.41, 5.74) is 2.69. The van der Waals surface area contributed by atoms with E-state index in [0.717, 1.165) is 11.1 Å². The van der Waals surface area contributed by atoms with Gasteiger partial charge in [0.2, 0.25) is 0 Å². The molecule has 0 aromatic heterocycles. The molecule has 0 amide bonds. The molecular formula is C22H20F2N4S2. The predicted molar refractivity (Wildman–Crippen MR) is 125 cm³/mol. The molecule has 4 N–H and O–H groups in total. The monoisotopic (exact) mass is 442 g/mol. The summed E-state index contributed by atoms with van der Waals surface area (Å²) in [6.45, 7) is 1.00. The van der Waals surface area contributed by atoms with Gasteiger partial charge in [0.1, 0.15) is 11.6 Å². The first-order valence-corrected chi connectivity index (χ1v) is 9.99. The molecule has 0 aliphatic carbocycles. The van der Waals surface area contributed by atoms with E-state index in [9.17, 15) is 8.78 Å². The molecule has 0 unspecified atom stereocenters. The highest BCUT2D eigenvalue weighted by Crippen LogP contribution is 2.13. The number of halogens is 2. The maximum atomic E-state index is 13.6. The van der Waals surface area contributed by atoms with Gasteiger partial charge in [-0.1, -0.05) is 48.5 Å². The molecule has 154 valence electrons. The van der Waals surface area contributed by atoms with Crippen molar-refractivity contribution in [3.05, 3.63) is 95.6 Å². The van der Waals surface area contributed by atoms with Gasteiger partial charge < -0.3 is 21.3 Å². The maximum absolute atomic E-state index is 13.6. The Hall–Kier alpha value is -3.10. The molecule has 0 spiro atoms. The predicted octanol–water partition coefficient (Wildman–Crippen LogP) is 4.94. The van der Waals surface area contributed by atoms with Crippen LogP contribution >= 0.6 is 24.4 Å². The van der Waals surface area contributed by atoms with E-state index >= 15 is 0 Å². The lowest BCUT2D eigenvalue weighted by molar-refractivity contribution is 0.631. The van der Waals surface area contributed by atoms with E-state index in [1.54, 1.807) is 36.4 Å². The smallest absolute Gasteiger partial charge is 0.171 e. The van der Waals surface area contributed by atoms with Crippen molar-refractivity contribution < 1.29 is 8.78 Å². The van der Waals surface area contributed by atoms with Crippen LogP contribution in [0, 0.1) is 11.6 Å². The van der Waals surface area contributed by atoms with Crippen molar-refractivity contribution in [1.82, 2.24) is 10.6 Å². The Bertz CT molecular complexity index is 943. The van der Waals surface area contributed by atoms with Gasteiger partial charge in [-0.2, -0.15) is 0 Å².